The molecule has 0 aliphatic carbocycles. The van der Waals surface area contributed by atoms with Gasteiger partial charge < -0.3 is 0 Å². The Morgan fingerprint density at radius 1 is 1.14 bits per heavy atom. The molecular weight excluding hydrogens is 190 g/mol. The Hall–Kier alpha value is -1.24. The minimum atomic E-state index is -2.11. The van der Waals surface area contributed by atoms with Gasteiger partial charge in [-0.15, -0.1) is 0 Å². The van der Waals surface area contributed by atoms with Gasteiger partial charge in [0.1, 0.15) is 6.54 Å². The fraction of sp³-hybridized carbons (Fsp3) is 1.00. The maximum atomic E-state index is 10.6. The molecule has 7 nitrogen and oxygen atoms in total. The fourth-order valence-electron chi connectivity index (χ4n) is 1.05. The zero-order chi connectivity index (χ0) is 11.4. The summed E-state index contributed by atoms with van der Waals surface area (Å²) < 4.78 is 0. The van der Waals surface area contributed by atoms with Crippen LogP contribution in [0.2, 0.25) is 0 Å². The van der Waals surface area contributed by atoms with Crippen molar-refractivity contribution in [3.63, 3.8) is 0 Å². The van der Waals surface area contributed by atoms with Crippen molar-refractivity contribution < 1.29 is 9.85 Å². The van der Waals surface area contributed by atoms with Crippen LogP contribution in [-0.4, -0.2) is 40.0 Å². The van der Waals surface area contributed by atoms with Crippen LogP contribution < -0.4 is 0 Å². The highest BCUT2D eigenvalue weighted by molar-refractivity contribution is 4.66. The number of hydrogen-bond donors (Lipinski definition) is 0. The molecule has 14 heavy (non-hydrogen) atoms. The molecule has 0 amide bonds. The maximum absolute atomic E-state index is 10.6. The average molecular weight is 205 g/mol. The standard InChI is InChI=1S/C7H15N3O4/c1-4-8(5-2)6-7(3,9(11)12)10(13)14/h4-6H2,1-3H3. The second-order valence-electron chi connectivity index (χ2n) is 3.19. The third kappa shape index (κ3) is 2.63. The van der Waals surface area contributed by atoms with Gasteiger partial charge in [0, 0.05) is 0 Å². The van der Waals surface area contributed by atoms with Crippen molar-refractivity contribution in [1.29, 1.82) is 0 Å². The smallest absolute Gasteiger partial charge is 0.291 e. The highest BCUT2D eigenvalue weighted by Gasteiger charge is 2.51. The average Bonchev–Trinajstić information content (AvgIpc) is 2.13. The molecule has 0 bridgehead atoms. The summed E-state index contributed by atoms with van der Waals surface area (Å²) in [7, 11) is 0. The second kappa shape index (κ2) is 4.85. The van der Waals surface area contributed by atoms with Gasteiger partial charge in [0.2, 0.25) is 0 Å². The molecule has 7 heteroatoms. The van der Waals surface area contributed by atoms with Crippen molar-refractivity contribution in [2.45, 2.75) is 26.4 Å². The summed E-state index contributed by atoms with van der Waals surface area (Å²) in [6.45, 7) is 5.61. The zero-order valence-electron chi connectivity index (χ0n) is 8.60. The van der Waals surface area contributed by atoms with E-state index in [-0.39, 0.29) is 6.54 Å². The SMILES string of the molecule is CCN(CC)CC(C)([N+](=O)[O-])[N+](=O)[O-]. The predicted octanol–water partition coefficient (Wildman–Crippen LogP) is 0.598. The number of nitro groups is 2. The first kappa shape index (κ1) is 12.8. The Morgan fingerprint density at radius 2 is 1.50 bits per heavy atom. The normalized spacial score (nSPS) is 11.7. The van der Waals surface area contributed by atoms with Crippen LogP contribution in [0.25, 0.3) is 0 Å². The van der Waals surface area contributed by atoms with E-state index in [9.17, 15) is 20.2 Å². The minimum Gasteiger partial charge on any atom is -0.291 e. The highest BCUT2D eigenvalue weighted by Crippen LogP contribution is 2.12. The number of likely N-dealkylation sites (N-methyl/N-ethyl adjacent to an activating group) is 1. The van der Waals surface area contributed by atoms with E-state index in [4.69, 9.17) is 0 Å². The number of rotatable bonds is 6. The van der Waals surface area contributed by atoms with Crippen LogP contribution in [0.4, 0.5) is 0 Å². The Kier molecular flexibility index (Phi) is 4.42. The van der Waals surface area contributed by atoms with Gasteiger partial charge in [-0.2, -0.15) is 0 Å². The molecule has 0 aromatic heterocycles. The van der Waals surface area contributed by atoms with Gasteiger partial charge in [0.25, 0.3) is 0 Å². The van der Waals surface area contributed by atoms with E-state index in [0.29, 0.717) is 13.1 Å². The van der Waals surface area contributed by atoms with E-state index in [2.05, 4.69) is 0 Å². The van der Waals surface area contributed by atoms with Gasteiger partial charge in [-0.1, -0.05) is 13.8 Å². The molecule has 0 fully saturated rings. The van der Waals surface area contributed by atoms with Crippen LogP contribution in [0, 0.1) is 20.2 Å². The van der Waals surface area contributed by atoms with Gasteiger partial charge in [-0.3, -0.25) is 25.1 Å². The Balaban J connectivity index is 4.68. The van der Waals surface area contributed by atoms with Crippen molar-refractivity contribution >= 4 is 0 Å². The van der Waals surface area contributed by atoms with Crippen molar-refractivity contribution in [2.24, 2.45) is 0 Å². The molecule has 0 saturated carbocycles. The van der Waals surface area contributed by atoms with E-state index in [1.165, 1.54) is 0 Å². The number of hydrogen-bond acceptors (Lipinski definition) is 5. The van der Waals surface area contributed by atoms with Gasteiger partial charge in [-0.25, -0.2) is 0 Å². The summed E-state index contributed by atoms with van der Waals surface area (Å²) in [5, 5.41) is 21.1. The lowest BCUT2D eigenvalue weighted by Crippen LogP contribution is -2.52. The molecule has 0 unspecified atom stereocenters. The van der Waals surface area contributed by atoms with Gasteiger partial charge in [0.05, 0.1) is 16.8 Å². The van der Waals surface area contributed by atoms with Crippen molar-refractivity contribution in [2.75, 3.05) is 19.6 Å². The molecule has 0 heterocycles. The monoisotopic (exact) mass is 205 g/mol. The highest BCUT2D eigenvalue weighted by atomic mass is 16.7. The van der Waals surface area contributed by atoms with E-state index in [1.807, 2.05) is 13.8 Å². The first-order valence-electron chi connectivity index (χ1n) is 4.39. The lowest BCUT2D eigenvalue weighted by molar-refractivity contribution is -0.791. The molecule has 82 valence electrons. The van der Waals surface area contributed by atoms with Gasteiger partial charge >= 0.3 is 5.66 Å². The molecule has 0 N–H and O–H groups in total. The predicted molar refractivity (Wildman–Crippen MR) is 50.2 cm³/mol. The van der Waals surface area contributed by atoms with Crippen molar-refractivity contribution in [1.82, 2.24) is 4.90 Å². The molecule has 0 spiro atoms. The van der Waals surface area contributed by atoms with Gasteiger partial charge in [0.15, 0.2) is 0 Å². The summed E-state index contributed by atoms with van der Waals surface area (Å²) in [5.41, 5.74) is -2.11. The molecule has 0 aliphatic heterocycles. The third-order valence-electron chi connectivity index (χ3n) is 2.20. The Bertz CT molecular complexity index is 213. The third-order valence-corrected chi connectivity index (χ3v) is 2.20. The number of nitrogens with zero attached hydrogens (tertiary/aromatic N) is 3. The molecular formula is C7H15N3O4. The molecule has 0 aromatic carbocycles. The van der Waals surface area contributed by atoms with Crippen LogP contribution in [-0.2, 0) is 0 Å². The maximum Gasteiger partial charge on any atom is 0.468 e. The molecule has 0 aliphatic rings. The van der Waals surface area contributed by atoms with Crippen LogP contribution >= 0.6 is 0 Å². The quantitative estimate of drug-likeness (QED) is 0.360. The van der Waals surface area contributed by atoms with Crippen molar-refractivity contribution in [3.05, 3.63) is 20.2 Å². The van der Waals surface area contributed by atoms with Crippen LogP contribution in [0.1, 0.15) is 20.8 Å². The topological polar surface area (TPSA) is 89.5 Å². The van der Waals surface area contributed by atoms with E-state index < -0.39 is 15.5 Å². The van der Waals surface area contributed by atoms with Crippen LogP contribution in [0.3, 0.4) is 0 Å². The Morgan fingerprint density at radius 3 is 1.71 bits per heavy atom. The van der Waals surface area contributed by atoms with E-state index in [1.54, 1.807) is 4.90 Å². The summed E-state index contributed by atoms with van der Waals surface area (Å²) in [5.74, 6) is 0. The summed E-state index contributed by atoms with van der Waals surface area (Å²) in [6, 6.07) is 0. The molecule has 0 radical (unpaired) electrons. The molecule has 0 aromatic rings. The second-order valence-corrected chi connectivity index (χ2v) is 3.19. The van der Waals surface area contributed by atoms with E-state index in [0.717, 1.165) is 6.92 Å². The lowest BCUT2D eigenvalue weighted by atomic mass is 10.2. The Labute approximate surface area is 82.0 Å². The molecule has 0 rings (SSSR count). The lowest BCUT2D eigenvalue weighted by Gasteiger charge is -2.21. The van der Waals surface area contributed by atoms with Crippen LogP contribution in [0.15, 0.2) is 0 Å². The van der Waals surface area contributed by atoms with E-state index >= 15 is 0 Å². The van der Waals surface area contributed by atoms with Gasteiger partial charge in [-0.05, 0) is 13.1 Å². The van der Waals surface area contributed by atoms with Crippen LogP contribution in [0.5, 0.6) is 0 Å². The first-order chi connectivity index (χ1) is 6.38. The largest absolute Gasteiger partial charge is 0.468 e. The minimum absolute atomic E-state index is 0.167. The molecule has 0 atom stereocenters. The first-order valence-corrected chi connectivity index (χ1v) is 4.39. The molecule has 0 saturated heterocycles. The summed E-state index contributed by atoms with van der Waals surface area (Å²) >= 11 is 0. The summed E-state index contributed by atoms with van der Waals surface area (Å²) in [4.78, 5) is 21.1. The van der Waals surface area contributed by atoms with Crippen molar-refractivity contribution in [3.8, 4) is 0 Å². The fourth-order valence-corrected chi connectivity index (χ4v) is 1.05. The summed E-state index contributed by atoms with van der Waals surface area (Å²) in [6.07, 6.45) is 0. The zero-order valence-corrected chi connectivity index (χ0v) is 8.60.